The van der Waals surface area contributed by atoms with Crippen LogP contribution in [-0.2, 0) is 18.4 Å². The van der Waals surface area contributed by atoms with Crippen LogP contribution in [0.2, 0.25) is 5.02 Å². The third kappa shape index (κ3) is 4.71. The first-order valence-corrected chi connectivity index (χ1v) is 11.5. The molecule has 0 radical (unpaired) electrons. The average molecular weight is 467 g/mol. The number of anilines is 1. The number of aromatic nitrogens is 5. The Hall–Kier alpha value is -3.10. The Morgan fingerprint density at radius 1 is 1.16 bits per heavy atom. The molecule has 164 valence electrons. The van der Waals surface area contributed by atoms with Crippen LogP contribution in [0.5, 0.6) is 0 Å². The standard InChI is InChI=1S/C23H23ClN6OS/c1-4-30-22(17-13-29(3)28-21(17)16-8-6-5-7-9-16)26-27-23(30)32-14-20(31)25-19-11-10-15(2)12-18(19)24/h5-13H,4,14H2,1-3H3,(H,25,31). The molecule has 0 spiro atoms. The zero-order valence-electron chi connectivity index (χ0n) is 18.0. The fraction of sp³-hybridized carbons (Fsp3) is 0.217. The second-order valence-corrected chi connectivity index (χ2v) is 8.65. The van der Waals surface area contributed by atoms with Gasteiger partial charge in [0.2, 0.25) is 5.91 Å². The fourth-order valence-electron chi connectivity index (χ4n) is 3.38. The molecule has 1 amide bonds. The molecule has 4 rings (SSSR count). The van der Waals surface area contributed by atoms with E-state index in [1.54, 1.807) is 10.7 Å². The van der Waals surface area contributed by atoms with Gasteiger partial charge < -0.3 is 9.88 Å². The van der Waals surface area contributed by atoms with Gasteiger partial charge >= 0.3 is 0 Å². The molecule has 0 fully saturated rings. The van der Waals surface area contributed by atoms with Crippen LogP contribution < -0.4 is 5.32 Å². The lowest BCUT2D eigenvalue weighted by molar-refractivity contribution is -0.113. The molecule has 7 nitrogen and oxygen atoms in total. The van der Waals surface area contributed by atoms with E-state index in [4.69, 9.17) is 11.6 Å². The summed E-state index contributed by atoms with van der Waals surface area (Å²) in [4.78, 5) is 12.5. The van der Waals surface area contributed by atoms with E-state index in [1.165, 1.54) is 11.8 Å². The van der Waals surface area contributed by atoms with E-state index in [2.05, 4.69) is 20.6 Å². The number of nitrogens with one attached hydrogen (secondary N) is 1. The van der Waals surface area contributed by atoms with E-state index in [-0.39, 0.29) is 11.7 Å². The topological polar surface area (TPSA) is 77.6 Å². The van der Waals surface area contributed by atoms with Crippen LogP contribution in [0.3, 0.4) is 0 Å². The van der Waals surface area contributed by atoms with Crippen molar-refractivity contribution in [2.75, 3.05) is 11.1 Å². The number of rotatable bonds is 7. The van der Waals surface area contributed by atoms with Crippen molar-refractivity contribution in [3.05, 3.63) is 65.3 Å². The second kappa shape index (κ2) is 9.58. The molecule has 0 saturated heterocycles. The van der Waals surface area contributed by atoms with Crippen LogP contribution in [0, 0.1) is 6.92 Å². The first kappa shape index (κ1) is 22.1. The zero-order chi connectivity index (χ0) is 22.7. The van der Waals surface area contributed by atoms with Gasteiger partial charge in [0.15, 0.2) is 11.0 Å². The summed E-state index contributed by atoms with van der Waals surface area (Å²) in [6.07, 6.45) is 1.94. The molecule has 4 aromatic rings. The minimum absolute atomic E-state index is 0.153. The molecule has 1 N–H and O–H groups in total. The molecule has 9 heteroatoms. The van der Waals surface area contributed by atoms with E-state index in [0.29, 0.717) is 22.4 Å². The van der Waals surface area contributed by atoms with Gasteiger partial charge in [-0.15, -0.1) is 10.2 Å². The molecule has 0 aliphatic carbocycles. The van der Waals surface area contributed by atoms with E-state index in [1.807, 2.05) is 74.1 Å². The van der Waals surface area contributed by atoms with Gasteiger partial charge in [0.05, 0.1) is 22.0 Å². The van der Waals surface area contributed by atoms with Gasteiger partial charge in [-0.3, -0.25) is 9.48 Å². The number of hydrogen-bond donors (Lipinski definition) is 1. The molecule has 0 aliphatic heterocycles. The van der Waals surface area contributed by atoms with Crippen molar-refractivity contribution >= 4 is 35.0 Å². The van der Waals surface area contributed by atoms with Crippen LogP contribution in [0.25, 0.3) is 22.6 Å². The number of thioether (sulfide) groups is 1. The van der Waals surface area contributed by atoms with Crippen LogP contribution in [0.15, 0.2) is 59.9 Å². The van der Waals surface area contributed by atoms with Gasteiger partial charge in [0, 0.05) is 25.4 Å². The predicted molar refractivity (Wildman–Crippen MR) is 129 cm³/mol. The Kier molecular flexibility index (Phi) is 6.62. The zero-order valence-corrected chi connectivity index (χ0v) is 19.6. The molecular weight excluding hydrogens is 444 g/mol. The number of aryl methyl sites for hydroxylation is 2. The van der Waals surface area contributed by atoms with Gasteiger partial charge in [-0.1, -0.05) is 59.8 Å². The highest BCUT2D eigenvalue weighted by Crippen LogP contribution is 2.32. The van der Waals surface area contributed by atoms with Crippen LogP contribution >= 0.6 is 23.4 Å². The van der Waals surface area contributed by atoms with Crippen molar-refractivity contribution < 1.29 is 4.79 Å². The number of hydrogen-bond acceptors (Lipinski definition) is 5. The number of halogens is 1. The van der Waals surface area contributed by atoms with Crippen molar-refractivity contribution in [3.63, 3.8) is 0 Å². The number of benzene rings is 2. The summed E-state index contributed by atoms with van der Waals surface area (Å²) < 4.78 is 3.78. The number of amides is 1. The Bertz CT molecular complexity index is 1250. The smallest absolute Gasteiger partial charge is 0.234 e. The number of carbonyl (C=O) groups excluding carboxylic acids is 1. The van der Waals surface area contributed by atoms with Crippen molar-refractivity contribution in [2.24, 2.45) is 7.05 Å². The van der Waals surface area contributed by atoms with Crippen LogP contribution in [-0.4, -0.2) is 36.2 Å². The Balaban J connectivity index is 1.54. The molecule has 0 bridgehead atoms. The summed E-state index contributed by atoms with van der Waals surface area (Å²) in [5.74, 6) is 0.768. The van der Waals surface area contributed by atoms with Gasteiger partial charge in [0.1, 0.15) is 5.69 Å². The van der Waals surface area contributed by atoms with Gasteiger partial charge in [0.25, 0.3) is 0 Å². The Labute approximate surface area is 195 Å². The van der Waals surface area contributed by atoms with Crippen molar-refractivity contribution in [3.8, 4) is 22.6 Å². The van der Waals surface area contributed by atoms with E-state index < -0.39 is 0 Å². The second-order valence-electron chi connectivity index (χ2n) is 7.30. The Morgan fingerprint density at radius 2 is 1.94 bits per heavy atom. The molecular formula is C23H23ClN6OS. The van der Waals surface area contributed by atoms with E-state index >= 15 is 0 Å². The maximum Gasteiger partial charge on any atom is 0.234 e. The van der Waals surface area contributed by atoms with Crippen LogP contribution in [0.4, 0.5) is 5.69 Å². The summed E-state index contributed by atoms with van der Waals surface area (Å²) in [6, 6.07) is 15.5. The normalized spacial score (nSPS) is 11.0. The molecule has 0 unspecified atom stereocenters. The summed E-state index contributed by atoms with van der Waals surface area (Å²) in [6.45, 7) is 4.65. The molecule has 32 heavy (non-hydrogen) atoms. The number of nitrogens with zero attached hydrogens (tertiary/aromatic N) is 5. The van der Waals surface area contributed by atoms with E-state index in [9.17, 15) is 4.79 Å². The van der Waals surface area contributed by atoms with Crippen molar-refractivity contribution in [2.45, 2.75) is 25.5 Å². The van der Waals surface area contributed by atoms with Gasteiger partial charge in [-0.25, -0.2) is 0 Å². The summed E-state index contributed by atoms with van der Waals surface area (Å²) in [7, 11) is 1.89. The van der Waals surface area contributed by atoms with Crippen molar-refractivity contribution in [1.29, 1.82) is 0 Å². The number of carbonyl (C=O) groups is 1. The first-order chi connectivity index (χ1) is 15.5. The van der Waals surface area contributed by atoms with Crippen molar-refractivity contribution in [1.82, 2.24) is 24.5 Å². The largest absolute Gasteiger partial charge is 0.324 e. The molecule has 2 aromatic carbocycles. The highest BCUT2D eigenvalue weighted by atomic mass is 35.5. The predicted octanol–water partition coefficient (Wildman–Crippen LogP) is 5.06. The first-order valence-electron chi connectivity index (χ1n) is 10.2. The molecule has 2 heterocycles. The highest BCUT2D eigenvalue weighted by Gasteiger charge is 2.20. The van der Waals surface area contributed by atoms with Gasteiger partial charge in [-0.2, -0.15) is 5.10 Å². The fourth-order valence-corrected chi connectivity index (χ4v) is 4.46. The minimum atomic E-state index is -0.153. The molecule has 2 aromatic heterocycles. The maximum absolute atomic E-state index is 12.5. The quantitative estimate of drug-likeness (QED) is 0.385. The third-order valence-electron chi connectivity index (χ3n) is 4.88. The third-order valence-corrected chi connectivity index (χ3v) is 6.16. The lowest BCUT2D eigenvalue weighted by atomic mass is 10.1. The Morgan fingerprint density at radius 3 is 2.66 bits per heavy atom. The lowest BCUT2D eigenvalue weighted by Gasteiger charge is -2.09. The SMILES string of the molecule is CCn1c(SCC(=O)Nc2ccc(C)cc2Cl)nnc1-c1cn(C)nc1-c1ccccc1. The summed E-state index contributed by atoms with van der Waals surface area (Å²) in [5.41, 5.74) is 4.39. The highest BCUT2D eigenvalue weighted by molar-refractivity contribution is 7.99. The summed E-state index contributed by atoms with van der Waals surface area (Å²) >= 11 is 7.56. The van der Waals surface area contributed by atoms with Gasteiger partial charge in [-0.05, 0) is 31.5 Å². The minimum Gasteiger partial charge on any atom is -0.324 e. The monoisotopic (exact) mass is 466 g/mol. The lowest BCUT2D eigenvalue weighted by Crippen LogP contribution is -2.15. The maximum atomic E-state index is 12.5. The average Bonchev–Trinajstić information content (AvgIpc) is 3.37. The van der Waals surface area contributed by atoms with Crippen LogP contribution in [0.1, 0.15) is 12.5 Å². The molecule has 0 aliphatic rings. The van der Waals surface area contributed by atoms with E-state index in [0.717, 1.165) is 28.2 Å². The summed E-state index contributed by atoms with van der Waals surface area (Å²) in [5, 5.41) is 17.5. The molecule has 0 atom stereocenters. The molecule has 0 saturated carbocycles.